The number of carboxylic acids is 1. The van der Waals surface area contributed by atoms with Crippen molar-refractivity contribution in [2.24, 2.45) is 5.41 Å². The SMILES string of the molecule is Cc1cccc(CS(=O)(=O)CC(C)(C)C(=O)O)c1. The Hall–Kier alpha value is -1.36. The third-order valence-corrected chi connectivity index (χ3v) is 4.56. The highest BCUT2D eigenvalue weighted by Gasteiger charge is 2.33. The fraction of sp³-hybridized carbons (Fsp3) is 0.462. The van der Waals surface area contributed by atoms with Gasteiger partial charge in [-0.15, -0.1) is 0 Å². The Morgan fingerprint density at radius 2 is 1.94 bits per heavy atom. The number of aliphatic carboxylic acids is 1. The van der Waals surface area contributed by atoms with Gasteiger partial charge < -0.3 is 5.11 Å². The summed E-state index contributed by atoms with van der Waals surface area (Å²) in [5, 5.41) is 8.95. The molecule has 0 bridgehead atoms. The lowest BCUT2D eigenvalue weighted by Gasteiger charge is -2.18. The number of hydrogen-bond acceptors (Lipinski definition) is 3. The predicted octanol–water partition coefficient (Wildman–Crippen LogP) is 2.02. The first-order valence-electron chi connectivity index (χ1n) is 5.62. The third kappa shape index (κ3) is 4.14. The average Bonchev–Trinajstić information content (AvgIpc) is 2.14. The van der Waals surface area contributed by atoms with Crippen molar-refractivity contribution < 1.29 is 18.3 Å². The van der Waals surface area contributed by atoms with Crippen molar-refractivity contribution in [3.63, 3.8) is 0 Å². The zero-order valence-corrected chi connectivity index (χ0v) is 11.6. The number of sulfone groups is 1. The molecule has 1 N–H and O–H groups in total. The molecule has 0 saturated carbocycles. The number of benzene rings is 1. The van der Waals surface area contributed by atoms with Crippen LogP contribution < -0.4 is 0 Å². The summed E-state index contributed by atoms with van der Waals surface area (Å²) in [6.45, 7) is 4.73. The molecule has 0 heterocycles. The van der Waals surface area contributed by atoms with Crippen molar-refractivity contribution in [3.05, 3.63) is 35.4 Å². The van der Waals surface area contributed by atoms with E-state index in [1.54, 1.807) is 18.2 Å². The molecule has 0 aromatic heterocycles. The van der Waals surface area contributed by atoms with Crippen LogP contribution in [0.3, 0.4) is 0 Å². The minimum Gasteiger partial charge on any atom is -0.481 e. The van der Waals surface area contributed by atoms with E-state index in [9.17, 15) is 13.2 Å². The standard InChI is InChI=1S/C13H18O4S/c1-10-5-4-6-11(7-10)8-18(16,17)9-13(2,3)12(14)15/h4-7H,8-9H2,1-3H3,(H,14,15). The van der Waals surface area contributed by atoms with Crippen molar-refractivity contribution in [1.82, 2.24) is 0 Å². The average molecular weight is 270 g/mol. The number of carbonyl (C=O) groups is 1. The summed E-state index contributed by atoms with van der Waals surface area (Å²) in [5.74, 6) is -1.58. The second-order valence-corrected chi connectivity index (χ2v) is 7.27. The lowest BCUT2D eigenvalue weighted by molar-refractivity contribution is -0.145. The van der Waals surface area contributed by atoms with E-state index >= 15 is 0 Å². The Labute approximate surface area is 108 Å². The van der Waals surface area contributed by atoms with Crippen LogP contribution in [0.5, 0.6) is 0 Å². The van der Waals surface area contributed by atoms with Gasteiger partial charge >= 0.3 is 5.97 Å². The van der Waals surface area contributed by atoms with Gasteiger partial charge in [-0.3, -0.25) is 4.79 Å². The quantitative estimate of drug-likeness (QED) is 0.888. The van der Waals surface area contributed by atoms with E-state index < -0.39 is 21.2 Å². The zero-order chi connectivity index (χ0) is 14.0. The van der Waals surface area contributed by atoms with Gasteiger partial charge in [0.2, 0.25) is 0 Å². The Morgan fingerprint density at radius 1 is 1.33 bits per heavy atom. The van der Waals surface area contributed by atoms with Crippen molar-refractivity contribution in [3.8, 4) is 0 Å². The van der Waals surface area contributed by atoms with Crippen LogP contribution in [0.15, 0.2) is 24.3 Å². The van der Waals surface area contributed by atoms with Crippen molar-refractivity contribution in [1.29, 1.82) is 0 Å². The predicted molar refractivity (Wildman–Crippen MR) is 70.1 cm³/mol. The molecular weight excluding hydrogens is 252 g/mol. The number of carboxylic acid groups (broad SMARTS) is 1. The molecule has 0 radical (unpaired) electrons. The van der Waals surface area contributed by atoms with Crippen LogP contribution in [0.1, 0.15) is 25.0 Å². The first kappa shape index (κ1) is 14.7. The van der Waals surface area contributed by atoms with Gasteiger partial charge in [0.1, 0.15) is 0 Å². The molecule has 5 heteroatoms. The van der Waals surface area contributed by atoms with E-state index in [1.807, 2.05) is 13.0 Å². The Balaban J connectivity index is 2.87. The smallest absolute Gasteiger partial charge is 0.310 e. The molecule has 1 aromatic carbocycles. The van der Waals surface area contributed by atoms with Gasteiger partial charge in [0.15, 0.2) is 9.84 Å². The van der Waals surface area contributed by atoms with Crippen LogP contribution in [-0.2, 0) is 20.4 Å². The number of rotatable bonds is 5. The summed E-state index contributed by atoms with van der Waals surface area (Å²) < 4.78 is 23.9. The lowest BCUT2D eigenvalue weighted by Crippen LogP contribution is -2.32. The van der Waals surface area contributed by atoms with Crippen LogP contribution in [0.4, 0.5) is 0 Å². The molecule has 0 fully saturated rings. The summed E-state index contributed by atoms with van der Waals surface area (Å²) in [6, 6.07) is 7.21. The maximum atomic E-state index is 12.0. The van der Waals surface area contributed by atoms with E-state index in [0.717, 1.165) is 5.56 Å². The van der Waals surface area contributed by atoms with Crippen molar-refractivity contribution in [2.45, 2.75) is 26.5 Å². The topological polar surface area (TPSA) is 71.4 Å². The molecule has 18 heavy (non-hydrogen) atoms. The summed E-state index contributed by atoms with van der Waals surface area (Å²) in [6.07, 6.45) is 0. The highest BCUT2D eigenvalue weighted by Crippen LogP contribution is 2.20. The normalized spacial score (nSPS) is 12.4. The van der Waals surface area contributed by atoms with Gasteiger partial charge in [-0.2, -0.15) is 0 Å². The van der Waals surface area contributed by atoms with Crippen LogP contribution in [0.25, 0.3) is 0 Å². The van der Waals surface area contributed by atoms with Gasteiger partial charge in [0.25, 0.3) is 0 Å². The summed E-state index contributed by atoms with van der Waals surface area (Å²) in [7, 11) is -3.43. The second kappa shape index (κ2) is 5.10. The molecule has 0 unspecified atom stereocenters. The molecule has 0 aliphatic heterocycles. The van der Waals surface area contributed by atoms with Gasteiger partial charge in [-0.25, -0.2) is 8.42 Å². The Morgan fingerprint density at radius 3 is 2.44 bits per heavy atom. The molecule has 0 saturated heterocycles. The minimum atomic E-state index is -3.43. The molecule has 0 aliphatic carbocycles. The van der Waals surface area contributed by atoms with Crippen LogP contribution in [-0.4, -0.2) is 25.2 Å². The number of hydrogen-bond donors (Lipinski definition) is 1. The van der Waals surface area contributed by atoms with E-state index in [2.05, 4.69) is 0 Å². The number of aryl methyl sites for hydroxylation is 1. The minimum absolute atomic E-state index is 0.120. The fourth-order valence-electron chi connectivity index (χ4n) is 1.72. The van der Waals surface area contributed by atoms with Crippen molar-refractivity contribution in [2.75, 3.05) is 5.75 Å². The fourth-order valence-corrected chi connectivity index (χ4v) is 3.73. The molecule has 0 amide bonds. The molecule has 1 aromatic rings. The molecule has 1 rings (SSSR count). The van der Waals surface area contributed by atoms with Crippen LogP contribution >= 0.6 is 0 Å². The molecule has 0 spiro atoms. The highest BCUT2D eigenvalue weighted by atomic mass is 32.2. The van der Waals surface area contributed by atoms with E-state index in [-0.39, 0.29) is 11.5 Å². The summed E-state index contributed by atoms with van der Waals surface area (Å²) >= 11 is 0. The molecule has 0 atom stereocenters. The van der Waals surface area contributed by atoms with Crippen molar-refractivity contribution >= 4 is 15.8 Å². The Bertz CT molecular complexity index is 544. The van der Waals surface area contributed by atoms with Gasteiger partial charge in [0.05, 0.1) is 16.9 Å². The Kier molecular flexibility index (Phi) is 4.16. The lowest BCUT2D eigenvalue weighted by atomic mass is 9.97. The van der Waals surface area contributed by atoms with Crippen LogP contribution in [0, 0.1) is 12.3 Å². The maximum absolute atomic E-state index is 12.0. The van der Waals surface area contributed by atoms with E-state index in [1.165, 1.54) is 13.8 Å². The molecule has 0 aliphatic rings. The molecule has 100 valence electrons. The summed E-state index contributed by atoms with van der Waals surface area (Å²) in [4.78, 5) is 10.9. The monoisotopic (exact) mass is 270 g/mol. The molecular formula is C13H18O4S. The first-order chi connectivity index (χ1) is 8.12. The van der Waals surface area contributed by atoms with Gasteiger partial charge in [-0.1, -0.05) is 29.8 Å². The maximum Gasteiger partial charge on any atom is 0.310 e. The zero-order valence-electron chi connectivity index (χ0n) is 10.8. The van der Waals surface area contributed by atoms with Gasteiger partial charge in [-0.05, 0) is 26.3 Å². The summed E-state index contributed by atoms with van der Waals surface area (Å²) in [5.41, 5.74) is 0.416. The second-order valence-electron chi connectivity index (χ2n) is 5.21. The van der Waals surface area contributed by atoms with E-state index in [4.69, 9.17) is 5.11 Å². The first-order valence-corrected chi connectivity index (χ1v) is 7.44. The highest BCUT2D eigenvalue weighted by molar-refractivity contribution is 7.90. The van der Waals surface area contributed by atoms with Crippen LogP contribution in [0.2, 0.25) is 0 Å². The third-order valence-electron chi connectivity index (χ3n) is 2.63. The largest absolute Gasteiger partial charge is 0.481 e. The van der Waals surface area contributed by atoms with Gasteiger partial charge in [0, 0.05) is 0 Å². The van der Waals surface area contributed by atoms with E-state index in [0.29, 0.717) is 5.56 Å². The molecule has 4 nitrogen and oxygen atoms in total.